The standard InChI is InChI=1S/C29H34O12/c1-13-21(30)26(35-3)24(33)28(38-13)40-16-7-5-15(6-8-16)19-12-37-20-11-17(9-10-18(20)23(19)32)41-29-25(34)27(36-4)22(31)14(2)39-29/h5-14,21-22,24-31,33-34H,1-4H3. The minimum atomic E-state index is -1.24. The van der Waals surface area contributed by atoms with Crippen molar-refractivity contribution in [1.82, 2.24) is 0 Å². The molecule has 12 nitrogen and oxygen atoms in total. The van der Waals surface area contributed by atoms with Crippen molar-refractivity contribution in [3.05, 3.63) is 59.0 Å². The molecule has 5 rings (SSSR count). The van der Waals surface area contributed by atoms with Crippen molar-refractivity contribution in [3.63, 3.8) is 0 Å². The summed E-state index contributed by atoms with van der Waals surface area (Å²) in [6, 6.07) is 11.3. The van der Waals surface area contributed by atoms with Gasteiger partial charge in [-0.1, -0.05) is 12.1 Å². The van der Waals surface area contributed by atoms with Crippen molar-refractivity contribution in [2.24, 2.45) is 0 Å². The van der Waals surface area contributed by atoms with E-state index in [4.69, 9.17) is 32.8 Å². The number of hydrogen-bond acceptors (Lipinski definition) is 12. The molecule has 2 aromatic carbocycles. The van der Waals surface area contributed by atoms with Crippen LogP contribution in [-0.4, -0.2) is 96.1 Å². The van der Waals surface area contributed by atoms with Gasteiger partial charge in [-0.2, -0.15) is 0 Å². The van der Waals surface area contributed by atoms with E-state index < -0.39 is 61.4 Å². The Labute approximate surface area is 235 Å². The van der Waals surface area contributed by atoms with Crippen LogP contribution in [0.5, 0.6) is 11.5 Å². The minimum Gasteiger partial charge on any atom is -0.463 e. The fourth-order valence-electron chi connectivity index (χ4n) is 5.11. The number of benzene rings is 2. The Balaban J connectivity index is 1.31. The molecule has 0 aliphatic carbocycles. The molecule has 41 heavy (non-hydrogen) atoms. The van der Waals surface area contributed by atoms with E-state index in [-0.39, 0.29) is 11.0 Å². The molecule has 222 valence electrons. The summed E-state index contributed by atoms with van der Waals surface area (Å²) in [7, 11) is 2.77. The number of rotatable bonds is 7. The molecule has 2 fully saturated rings. The fourth-order valence-corrected chi connectivity index (χ4v) is 5.11. The Morgan fingerprint density at radius 1 is 0.707 bits per heavy atom. The highest BCUT2D eigenvalue weighted by Gasteiger charge is 2.45. The number of aliphatic hydroxyl groups excluding tert-OH is 4. The van der Waals surface area contributed by atoms with Crippen molar-refractivity contribution >= 4 is 11.0 Å². The molecule has 0 spiro atoms. The van der Waals surface area contributed by atoms with Gasteiger partial charge >= 0.3 is 0 Å². The first-order valence-electron chi connectivity index (χ1n) is 13.2. The van der Waals surface area contributed by atoms with Crippen LogP contribution in [0.15, 0.2) is 57.9 Å². The van der Waals surface area contributed by atoms with E-state index in [0.29, 0.717) is 28.0 Å². The predicted octanol–water partition coefficient (Wildman–Crippen LogP) is 1.18. The Kier molecular flexibility index (Phi) is 8.64. The Morgan fingerprint density at radius 3 is 1.76 bits per heavy atom. The number of hydrogen-bond donors (Lipinski definition) is 4. The van der Waals surface area contributed by atoms with Crippen molar-refractivity contribution in [2.45, 2.75) is 75.3 Å². The third kappa shape index (κ3) is 5.70. The second-order valence-corrected chi connectivity index (χ2v) is 10.2. The molecule has 2 saturated heterocycles. The van der Waals surface area contributed by atoms with Crippen LogP contribution in [0.1, 0.15) is 13.8 Å². The maximum absolute atomic E-state index is 13.3. The molecule has 2 aliphatic heterocycles. The van der Waals surface area contributed by atoms with Crippen LogP contribution in [0.3, 0.4) is 0 Å². The zero-order valence-corrected chi connectivity index (χ0v) is 22.9. The number of aliphatic hydroxyl groups is 4. The van der Waals surface area contributed by atoms with Gasteiger partial charge in [-0.25, -0.2) is 0 Å². The Hall–Kier alpha value is -3.07. The number of fused-ring (bicyclic) bond motifs is 1. The van der Waals surface area contributed by atoms with E-state index >= 15 is 0 Å². The highest BCUT2D eigenvalue weighted by molar-refractivity contribution is 5.82. The summed E-state index contributed by atoms with van der Waals surface area (Å²) in [5.74, 6) is 0.676. The van der Waals surface area contributed by atoms with E-state index in [2.05, 4.69) is 0 Å². The zero-order chi connectivity index (χ0) is 29.4. The van der Waals surface area contributed by atoms with Crippen LogP contribution >= 0.6 is 0 Å². The van der Waals surface area contributed by atoms with Crippen LogP contribution in [0, 0.1) is 0 Å². The van der Waals surface area contributed by atoms with Gasteiger partial charge < -0.3 is 53.3 Å². The number of methoxy groups -OCH3 is 2. The quantitative estimate of drug-likeness (QED) is 0.319. The lowest BCUT2D eigenvalue weighted by Crippen LogP contribution is -2.59. The van der Waals surface area contributed by atoms with Crippen molar-refractivity contribution in [3.8, 4) is 22.6 Å². The van der Waals surface area contributed by atoms with E-state index in [9.17, 15) is 25.2 Å². The van der Waals surface area contributed by atoms with Gasteiger partial charge in [0.25, 0.3) is 0 Å². The van der Waals surface area contributed by atoms with E-state index in [1.165, 1.54) is 26.5 Å². The maximum Gasteiger partial charge on any atom is 0.229 e. The highest BCUT2D eigenvalue weighted by Crippen LogP contribution is 2.30. The lowest BCUT2D eigenvalue weighted by molar-refractivity contribution is -0.273. The maximum atomic E-state index is 13.3. The van der Waals surface area contributed by atoms with Crippen LogP contribution in [0.4, 0.5) is 0 Å². The highest BCUT2D eigenvalue weighted by atomic mass is 16.7. The monoisotopic (exact) mass is 574 g/mol. The summed E-state index contributed by atoms with van der Waals surface area (Å²) in [4.78, 5) is 13.3. The first-order valence-corrected chi connectivity index (χ1v) is 13.2. The molecule has 3 aromatic rings. The van der Waals surface area contributed by atoms with Gasteiger partial charge in [0.15, 0.2) is 5.43 Å². The van der Waals surface area contributed by atoms with Crippen molar-refractivity contribution < 1.29 is 53.3 Å². The van der Waals surface area contributed by atoms with Gasteiger partial charge in [0.1, 0.15) is 60.0 Å². The van der Waals surface area contributed by atoms with Crippen LogP contribution in [0.25, 0.3) is 22.1 Å². The largest absolute Gasteiger partial charge is 0.463 e. The van der Waals surface area contributed by atoms with E-state index in [1.54, 1.807) is 50.2 Å². The molecular formula is C29H34O12. The third-order valence-corrected chi connectivity index (χ3v) is 7.52. The summed E-state index contributed by atoms with van der Waals surface area (Å²) in [5.41, 5.74) is 0.896. The average molecular weight is 575 g/mol. The second kappa shape index (κ2) is 12.0. The molecule has 1 aromatic heterocycles. The van der Waals surface area contributed by atoms with Crippen molar-refractivity contribution in [2.75, 3.05) is 14.2 Å². The van der Waals surface area contributed by atoms with Gasteiger partial charge in [0.2, 0.25) is 12.6 Å². The van der Waals surface area contributed by atoms with Gasteiger partial charge in [0, 0.05) is 20.3 Å². The second-order valence-electron chi connectivity index (χ2n) is 10.2. The molecule has 0 radical (unpaired) electrons. The number of ether oxygens (including phenoxy) is 6. The summed E-state index contributed by atoms with van der Waals surface area (Å²) in [5, 5.41) is 41.6. The van der Waals surface area contributed by atoms with Gasteiger partial charge in [0.05, 0.1) is 23.2 Å². The zero-order valence-electron chi connectivity index (χ0n) is 22.9. The molecule has 12 heteroatoms. The summed E-state index contributed by atoms with van der Waals surface area (Å²) < 4.78 is 39.0. The lowest BCUT2D eigenvalue weighted by Gasteiger charge is -2.40. The van der Waals surface area contributed by atoms with Gasteiger partial charge in [-0.15, -0.1) is 0 Å². The molecule has 10 unspecified atom stereocenters. The Bertz CT molecular complexity index is 1390. The molecule has 10 atom stereocenters. The normalized spacial score (nSPS) is 34.0. The van der Waals surface area contributed by atoms with Crippen LogP contribution in [-0.2, 0) is 18.9 Å². The minimum absolute atomic E-state index is 0.269. The molecule has 0 amide bonds. The molecule has 0 bridgehead atoms. The van der Waals surface area contributed by atoms with Crippen LogP contribution in [0.2, 0.25) is 0 Å². The fraction of sp³-hybridized carbons (Fsp3) is 0.483. The van der Waals surface area contributed by atoms with Crippen LogP contribution < -0.4 is 14.9 Å². The smallest absolute Gasteiger partial charge is 0.229 e. The molecule has 0 saturated carbocycles. The SMILES string of the molecule is COC1C(O)C(C)OC(Oc2ccc(-c3coc4cc(OC5OC(C)C(O)C(OC)C5O)ccc4c3=O)cc2)C1O. The summed E-state index contributed by atoms with van der Waals surface area (Å²) in [6.45, 7) is 3.31. The predicted molar refractivity (Wildman–Crippen MR) is 143 cm³/mol. The van der Waals surface area contributed by atoms with Gasteiger partial charge in [-0.3, -0.25) is 4.79 Å². The molecule has 4 N–H and O–H groups in total. The summed E-state index contributed by atoms with van der Waals surface area (Å²) in [6.07, 6.45) is -8.28. The topological polar surface area (TPSA) is 167 Å². The van der Waals surface area contributed by atoms with E-state index in [1.807, 2.05) is 0 Å². The molecule has 3 heterocycles. The van der Waals surface area contributed by atoms with Crippen molar-refractivity contribution in [1.29, 1.82) is 0 Å². The van der Waals surface area contributed by atoms with E-state index in [0.717, 1.165) is 0 Å². The lowest BCUT2D eigenvalue weighted by atomic mass is 10.00. The first-order chi connectivity index (χ1) is 19.6. The first kappa shape index (κ1) is 29.4. The molecular weight excluding hydrogens is 540 g/mol. The third-order valence-electron chi connectivity index (χ3n) is 7.52. The molecule has 2 aliphatic rings. The Morgan fingerprint density at radius 2 is 1.22 bits per heavy atom. The average Bonchev–Trinajstić information content (AvgIpc) is 2.96. The van der Waals surface area contributed by atoms with Gasteiger partial charge in [-0.05, 0) is 43.7 Å². The summed E-state index contributed by atoms with van der Waals surface area (Å²) >= 11 is 0.